The van der Waals surface area contributed by atoms with E-state index in [2.05, 4.69) is 0 Å². The van der Waals surface area contributed by atoms with Gasteiger partial charge in [0.15, 0.2) is 11.5 Å². The van der Waals surface area contributed by atoms with E-state index in [9.17, 15) is 9.90 Å². The second kappa shape index (κ2) is 7.56. The highest BCUT2D eigenvalue weighted by Crippen LogP contribution is 2.40. The third-order valence-corrected chi connectivity index (χ3v) is 5.92. The fourth-order valence-electron chi connectivity index (χ4n) is 4.16. The molecule has 0 atom stereocenters. The summed E-state index contributed by atoms with van der Waals surface area (Å²) in [5.41, 5.74) is 3.68. The lowest BCUT2D eigenvalue weighted by Gasteiger charge is -2.39. The largest absolute Gasteiger partial charge is 0.454 e. The Bertz CT molecular complexity index is 967. The Morgan fingerprint density at radius 2 is 1.72 bits per heavy atom. The van der Waals surface area contributed by atoms with E-state index >= 15 is 0 Å². The number of hydrogen-bond acceptors (Lipinski definition) is 4. The average molecular weight is 393 g/mol. The van der Waals surface area contributed by atoms with E-state index in [1.54, 1.807) is 0 Å². The van der Waals surface area contributed by atoms with Gasteiger partial charge in [0.05, 0.1) is 5.60 Å². The molecule has 0 radical (unpaired) electrons. The molecule has 1 N–H and O–H groups in total. The van der Waals surface area contributed by atoms with E-state index in [0.29, 0.717) is 37.4 Å². The second-order valence-electron chi connectivity index (χ2n) is 8.08. The van der Waals surface area contributed by atoms with Crippen LogP contribution in [0.2, 0.25) is 0 Å². The fraction of sp³-hybridized carbons (Fsp3) is 0.375. The SMILES string of the molecule is CC(C)=C(C(=O)N1CCC(O)(c2ccc3c(c2)OCO3)CC1)c1ccccc1C. The highest BCUT2D eigenvalue weighted by molar-refractivity contribution is 6.20. The number of fused-ring (bicyclic) bond motifs is 1. The van der Waals surface area contributed by atoms with Crippen molar-refractivity contribution < 1.29 is 19.4 Å². The fourth-order valence-corrected chi connectivity index (χ4v) is 4.16. The molecule has 2 aliphatic rings. The summed E-state index contributed by atoms with van der Waals surface area (Å²) in [4.78, 5) is 15.2. The van der Waals surface area contributed by atoms with Crippen LogP contribution in [0.3, 0.4) is 0 Å². The van der Waals surface area contributed by atoms with E-state index in [1.807, 2.05) is 68.1 Å². The Kier molecular flexibility index (Phi) is 5.09. The van der Waals surface area contributed by atoms with Crippen molar-refractivity contribution in [3.05, 3.63) is 64.7 Å². The first-order chi connectivity index (χ1) is 13.9. The first-order valence-electron chi connectivity index (χ1n) is 10.0. The average Bonchev–Trinajstić information content (AvgIpc) is 3.18. The van der Waals surface area contributed by atoms with Crippen LogP contribution in [0.5, 0.6) is 11.5 Å². The predicted molar refractivity (Wildman–Crippen MR) is 112 cm³/mol. The van der Waals surface area contributed by atoms with Crippen LogP contribution < -0.4 is 9.47 Å². The Balaban J connectivity index is 1.52. The quantitative estimate of drug-likeness (QED) is 0.800. The molecule has 5 heteroatoms. The minimum atomic E-state index is -0.967. The number of nitrogens with zero attached hydrogens (tertiary/aromatic N) is 1. The van der Waals surface area contributed by atoms with Gasteiger partial charge in [0.25, 0.3) is 5.91 Å². The van der Waals surface area contributed by atoms with Crippen LogP contribution in [0, 0.1) is 6.92 Å². The Morgan fingerprint density at radius 3 is 2.41 bits per heavy atom. The van der Waals surface area contributed by atoms with Crippen molar-refractivity contribution in [2.45, 2.75) is 39.2 Å². The molecule has 2 aromatic rings. The topological polar surface area (TPSA) is 59.0 Å². The van der Waals surface area contributed by atoms with Gasteiger partial charge in [-0.1, -0.05) is 35.9 Å². The number of aliphatic hydroxyl groups is 1. The molecule has 1 amide bonds. The van der Waals surface area contributed by atoms with E-state index in [4.69, 9.17) is 9.47 Å². The zero-order valence-corrected chi connectivity index (χ0v) is 17.2. The molecule has 2 aliphatic heterocycles. The third kappa shape index (κ3) is 3.62. The number of piperidine rings is 1. The standard InChI is InChI=1S/C24H27NO4/c1-16(2)22(19-7-5-4-6-17(19)3)23(26)25-12-10-24(27,11-13-25)18-8-9-20-21(14-18)29-15-28-20/h4-9,14,27H,10-13,15H2,1-3H3. The molecule has 5 nitrogen and oxygen atoms in total. The number of carbonyl (C=O) groups excluding carboxylic acids is 1. The van der Waals surface area contributed by atoms with Gasteiger partial charge in [0.1, 0.15) is 0 Å². The molecule has 1 fully saturated rings. The summed E-state index contributed by atoms with van der Waals surface area (Å²) < 4.78 is 10.8. The molecule has 2 aromatic carbocycles. The van der Waals surface area contributed by atoms with Crippen molar-refractivity contribution in [1.82, 2.24) is 4.90 Å². The highest BCUT2D eigenvalue weighted by atomic mass is 16.7. The van der Waals surface area contributed by atoms with Gasteiger partial charge in [-0.25, -0.2) is 0 Å². The Hall–Kier alpha value is -2.79. The molecule has 0 aromatic heterocycles. The van der Waals surface area contributed by atoms with Crippen LogP contribution in [-0.2, 0) is 10.4 Å². The number of benzene rings is 2. The summed E-state index contributed by atoms with van der Waals surface area (Å²) >= 11 is 0. The number of amides is 1. The smallest absolute Gasteiger partial charge is 0.254 e. The van der Waals surface area contributed by atoms with Gasteiger partial charge in [-0.15, -0.1) is 0 Å². The minimum absolute atomic E-state index is 0.0343. The lowest BCUT2D eigenvalue weighted by Crippen LogP contribution is -2.45. The number of rotatable bonds is 3. The molecular formula is C24H27NO4. The maximum Gasteiger partial charge on any atom is 0.254 e. The van der Waals surface area contributed by atoms with Gasteiger partial charge >= 0.3 is 0 Å². The van der Waals surface area contributed by atoms with Gasteiger partial charge in [0.2, 0.25) is 6.79 Å². The van der Waals surface area contributed by atoms with Crippen LogP contribution in [0.1, 0.15) is 43.4 Å². The molecule has 0 saturated carbocycles. The van der Waals surface area contributed by atoms with Crippen molar-refractivity contribution in [3.8, 4) is 11.5 Å². The molecule has 0 aliphatic carbocycles. The Labute approximate surface area is 171 Å². The number of aryl methyl sites for hydroxylation is 1. The van der Waals surface area contributed by atoms with Crippen molar-refractivity contribution in [2.75, 3.05) is 19.9 Å². The van der Waals surface area contributed by atoms with Crippen LogP contribution in [0.15, 0.2) is 48.0 Å². The first-order valence-corrected chi connectivity index (χ1v) is 10.0. The number of ether oxygens (including phenoxy) is 2. The van der Waals surface area contributed by atoms with Crippen molar-refractivity contribution in [2.24, 2.45) is 0 Å². The summed E-state index contributed by atoms with van der Waals surface area (Å²) in [5, 5.41) is 11.2. The van der Waals surface area contributed by atoms with Crippen LogP contribution in [0.25, 0.3) is 5.57 Å². The molecule has 0 spiro atoms. The highest BCUT2D eigenvalue weighted by Gasteiger charge is 2.37. The zero-order chi connectivity index (χ0) is 20.6. The molecule has 1 saturated heterocycles. The number of hydrogen-bond donors (Lipinski definition) is 1. The lowest BCUT2D eigenvalue weighted by atomic mass is 9.83. The van der Waals surface area contributed by atoms with E-state index < -0.39 is 5.60 Å². The van der Waals surface area contributed by atoms with E-state index in [0.717, 1.165) is 27.8 Å². The predicted octanol–water partition coefficient (Wildman–Crippen LogP) is 4.03. The first kappa shape index (κ1) is 19.5. The minimum Gasteiger partial charge on any atom is -0.454 e. The normalized spacial score (nSPS) is 17.2. The molecule has 2 heterocycles. The maximum absolute atomic E-state index is 13.3. The van der Waals surface area contributed by atoms with Crippen molar-refractivity contribution in [3.63, 3.8) is 0 Å². The van der Waals surface area contributed by atoms with Gasteiger partial charge in [0, 0.05) is 18.7 Å². The molecule has 29 heavy (non-hydrogen) atoms. The molecule has 4 rings (SSSR count). The van der Waals surface area contributed by atoms with Crippen LogP contribution in [0.4, 0.5) is 0 Å². The van der Waals surface area contributed by atoms with Crippen molar-refractivity contribution >= 4 is 11.5 Å². The molecular weight excluding hydrogens is 366 g/mol. The molecule has 0 unspecified atom stereocenters. The summed E-state index contributed by atoms with van der Waals surface area (Å²) in [6.45, 7) is 7.21. The van der Waals surface area contributed by atoms with Gasteiger partial charge in [-0.05, 0) is 62.4 Å². The third-order valence-electron chi connectivity index (χ3n) is 5.92. The molecule has 152 valence electrons. The van der Waals surface area contributed by atoms with Crippen LogP contribution >= 0.6 is 0 Å². The number of carbonyl (C=O) groups is 1. The zero-order valence-electron chi connectivity index (χ0n) is 17.2. The van der Waals surface area contributed by atoms with Gasteiger partial charge in [-0.2, -0.15) is 0 Å². The summed E-state index contributed by atoms with van der Waals surface area (Å²) in [6.07, 6.45) is 0.977. The molecule has 0 bridgehead atoms. The lowest BCUT2D eigenvalue weighted by molar-refractivity contribution is -0.129. The summed E-state index contributed by atoms with van der Waals surface area (Å²) in [7, 11) is 0. The Morgan fingerprint density at radius 1 is 1.03 bits per heavy atom. The van der Waals surface area contributed by atoms with E-state index in [-0.39, 0.29) is 12.7 Å². The maximum atomic E-state index is 13.3. The second-order valence-corrected chi connectivity index (χ2v) is 8.08. The summed E-state index contributed by atoms with van der Waals surface area (Å²) in [6, 6.07) is 13.6. The van der Waals surface area contributed by atoms with Crippen molar-refractivity contribution in [1.29, 1.82) is 0 Å². The summed E-state index contributed by atoms with van der Waals surface area (Å²) in [5.74, 6) is 1.41. The number of allylic oxidation sites excluding steroid dienone is 1. The van der Waals surface area contributed by atoms with Crippen LogP contribution in [-0.4, -0.2) is 35.8 Å². The van der Waals surface area contributed by atoms with E-state index in [1.165, 1.54) is 0 Å². The van der Waals surface area contributed by atoms with Gasteiger partial charge in [-0.3, -0.25) is 4.79 Å². The monoisotopic (exact) mass is 393 g/mol. The number of likely N-dealkylation sites (tertiary alicyclic amines) is 1. The van der Waals surface area contributed by atoms with Gasteiger partial charge < -0.3 is 19.5 Å².